The third kappa shape index (κ3) is 7.79. The van der Waals surface area contributed by atoms with E-state index in [-0.39, 0.29) is 0 Å². The number of ether oxygens (including phenoxy) is 1. The van der Waals surface area contributed by atoms with Gasteiger partial charge in [-0.2, -0.15) is 0 Å². The molecule has 0 spiro atoms. The van der Waals surface area contributed by atoms with Crippen molar-refractivity contribution in [1.82, 2.24) is 10.2 Å². The summed E-state index contributed by atoms with van der Waals surface area (Å²) in [5.74, 6) is -0.134. The van der Waals surface area contributed by atoms with E-state index >= 15 is 0 Å². The molecule has 0 saturated carbocycles. The highest BCUT2D eigenvalue weighted by molar-refractivity contribution is 5.78. The fraction of sp³-hybridized carbons (Fsp3) is 0.938. The van der Waals surface area contributed by atoms with Crippen LogP contribution < -0.4 is 5.32 Å². The highest BCUT2D eigenvalue weighted by atomic mass is 16.5. The number of likely N-dealkylation sites (N-methyl/N-ethyl adjacent to an activating group) is 1. The molecule has 1 unspecified atom stereocenters. The lowest BCUT2D eigenvalue weighted by molar-refractivity contribution is -0.145. The molecule has 0 fully saturated rings. The van der Waals surface area contributed by atoms with E-state index in [4.69, 9.17) is 4.74 Å². The molecular formula is C16H34N2O3. The fourth-order valence-corrected chi connectivity index (χ4v) is 2.70. The van der Waals surface area contributed by atoms with Gasteiger partial charge in [0.15, 0.2) is 0 Å². The molecule has 2 N–H and O–H groups in total. The van der Waals surface area contributed by atoms with E-state index < -0.39 is 11.5 Å². The number of rotatable bonds is 13. The highest BCUT2D eigenvalue weighted by Crippen LogP contribution is 2.18. The molecule has 126 valence electrons. The van der Waals surface area contributed by atoms with Crippen LogP contribution in [-0.2, 0) is 9.53 Å². The Morgan fingerprint density at radius 1 is 1.33 bits per heavy atom. The van der Waals surface area contributed by atoms with Gasteiger partial charge in [-0.1, -0.05) is 27.7 Å². The molecule has 0 rings (SSSR count). The lowest BCUT2D eigenvalue weighted by Crippen LogP contribution is -2.52. The second-order valence-corrected chi connectivity index (χ2v) is 6.06. The van der Waals surface area contributed by atoms with Crippen molar-refractivity contribution in [3.63, 3.8) is 0 Å². The van der Waals surface area contributed by atoms with Gasteiger partial charge in [-0.25, -0.2) is 0 Å². The first-order chi connectivity index (χ1) is 9.91. The van der Waals surface area contributed by atoms with Gasteiger partial charge in [0.05, 0.1) is 6.61 Å². The number of nitrogens with one attached hydrogen (secondary N) is 1. The monoisotopic (exact) mass is 302 g/mol. The number of methoxy groups -OCH3 is 1. The topological polar surface area (TPSA) is 61.8 Å². The van der Waals surface area contributed by atoms with E-state index in [0.29, 0.717) is 25.3 Å². The molecule has 1 atom stereocenters. The number of carbonyl (C=O) groups is 1. The average molecular weight is 302 g/mol. The fourth-order valence-electron chi connectivity index (χ4n) is 2.70. The Morgan fingerprint density at radius 3 is 2.43 bits per heavy atom. The molecule has 0 heterocycles. The lowest BCUT2D eigenvalue weighted by Gasteiger charge is -2.31. The second kappa shape index (κ2) is 11.0. The van der Waals surface area contributed by atoms with Crippen molar-refractivity contribution in [2.45, 2.75) is 52.5 Å². The summed E-state index contributed by atoms with van der Waals surface area (Å²) in [5, 5.41) is 12.7. The quantitative estimate of drug-likeness (QED) is 0.546. The Labute approximate surface area is 130 Å². The van der Waals surface area contributed by atoms with Gasteiger partial charge in [-0.05, 0) is 38.3 Å². The molecule has 0 saturated heterocycles. The Balaban J connectivity index is 4.45. The van der Waals surface area contributed by atoms with Crippen LogP contribution in [0.5, 0.6) is 0 Å². The molecule has 0 aliphatic rings. The molecule has 5 nitrogen and oxygen atoms in total. The maximum Gasteiger partial charge on any atom is 0.323 e. The summed E-state index contributed by atoms with van der Waals surface area (Å²) in [6, 6.07) is 0. The molecule has 0 aromatic heterocycles. The Hall–Kier alpha value is -0.650. The van der Waals surface area contributed by atoms with Gasteiger partial charge < -0.3 is 20.1 Å². The zero-order chi connectivity index (χ0) is 16.3. The van der Waals surface area contributed by atoms with Crippen LogP contribution in [0.1, 0.15) is 47.0 Å². The molecule has 0 aliphatic carbocycles. The number of hydrogen-bond donors (Lipinski definition) is 2. The number of carboxylic acid groups (broad SMARTS) is 1. The van der Waals surface area contributed by atoms with Crippen LogP contribution in [0.3, 0.4) is 0 Å². The highest BCUT2D eigenvalue weighted by Gasteiger charge is 2.35. The molecule has 0 aliphatic heterocycles. The minimum absolute atomic E-state index is 0.603. The molecule has 21 heavy (non-hydrogen) atoms. The molecule has 5 heteroatoms. The smallest absolute Gasteiger partial charge is 0.323 e. The summed E-state index contributed by atoms with van der Waals surface area (Å²) >= 11 is 0. The van der Waals surface area contributed by atoms with Crippen molar-refractivity contribution in [2.75, 3.05) is 39.9 Å². The van der Waals surface area contributed by atoms with Crippen molar-refractivity contribution < 1.29 is 14.6 Å². The Morgan fingerprint density at radius 2 is 2.00 bits per heavy atom. The SMILES string of the molecule is CCNC(CC)(CCCN(CCOC)CC(C)C)C(=O)O. The van der Waals surface area contributed by atoms with Crippen molar-refractivity contribution in [3.05, 3.63) is 0 Å². The first-order valence-corrected chi connectivity index (χ1v) is 8.11. The van der Waals surface area contributed by atoms with Gasteiger partial charge in [0, 0.05) is 20.2 Å². The van der Waals surface area contributed by atoms with Crippen LogP contribution >= 0.6 is 0 Å². The van der Waals surface area contributed by atoms with Crippen molar-refractivity contribution >= 4 is 5.97 Å². The summed E-state index contributed by atoms with van der Waals surface area (Å²) in [5.41, 5.74) is -0.778. The number of hydrogen-bond acceptors (Lipinski definition) is 4. The van der Waals surface area contributed by atoms with E-state index in [0.717, 1.165) is 32.7 Å². The maximum atomic E-state index is 11.6. The third-order valence-electron chi connectivity index (χ3n) is 3.84. The molecule has 0 aromatic rings. The number of nitrogens with zero attached hydrogens (tertiary/aromatic N) is 1. The van der Waals surface area contributed by atoms with Crippen LogP contribution in [0.15, 0.2) is 0 Å². The van der Waals surface area contributed by atoms with Crippen molar-refractivity contribution in [2.24, 2.45) is 5.92 Å². The van der Waals surface area contributed by atoms with Gasteiger partial charge in [-0.15, -0.1) is 0 Å². The minimum Gasteiger partial charge on any atom is -0.480 e. The zero-order valence-corrected chi connectivity index (χ0v) is 14.4. The van der Waals surface area contributed by atoms with Crippen LogP contribution in [0, 0.1) is 5.92 Å². The first-order valence-electron chi connectivity index (χ1n) is 8.11. The van der Waals surface area contributed by atoms with Gasteiger partial charge >= 0.3 is 5.97 Å². The normalized spacial score (nSPS) is 14.6. The molecular weight excluding hydrogens is 268 g/mol. The van der Waals surface area contributed by atoms with Crippen LogP contribution in [0.25, 0.3) is 0 Å². The van der Waals surface area contributed by atoms with Gasteiger partial charge in [0.25, 0.3) is 0 Å². The standard InChI is InChI=1S/C16H34N2O3/c1-6-16(15(19)20,17-7-2)9-8-10-18(11-12-21-5)13-14(3)4/h14,17H,6-13H2,1-5H3,(H,19,20). The van der Waals surface area contributed by atoms with Crippen LogP contribution in [-0.4, -0.2) is 61.4 Å². The first kappa shape index (κ1) is 20.3. The van der Waals surface area contributed by atoms with Crippen LogP contribution in [0.4, 0.5) is 0 Å². The predicted molar refractivity (Wildman–Crippen MR) is 86.7 cm³/mol. The van der Waals surface area contributed by atoms with E-state index in [1.165, 1.54) is 0 Å². The second-order valence-electron chi connectivity index (χ2n) is 6.06. The van der Waals surface area contributed by atoms with Crippen molar-refractivity contribution in [3.8, 4) is 0 Å². The van der Waals surface area contributed by atoms with E-state index in [9.17, 15) is 9.90 Å². The number of carboxylic acids is 1. The number of aliphatic carboxylic acids is 1. The summed E-state index contributed by atoms with van der Waals surface area (Å²) in [4.78, 5) is 13.9. The molecule has 0 radical (unpaired) electrons. The Bertz CT molecular complexity index is 285. The molecule has 0 amide bonds. The molecule has 0 aromatic carbocycles. The Kier molecular flexibility index (Phi) is 10.6. The lowest BCUT2D eigenvalue weighted by atomic mass is 9.90. The van der Waals surface area contributed by atoms with Gasteiger partial charge in [0.2, 0.25) is 0 Å². The minimum atomic E-state index is -0.778. The summed E-state index contributed by atoms with van der Waals surface area (Å²) in [6.45, 7) is 12.5. The van der Waals surface area contributed by atoms with E-state index in [1.807, 2.05) is 13.8 Å². The molecule has 0 bridgehead atoms. The predicted octanol–water partition coefficient (Wildman–Crippen LogP) is 2.21. The third-order valence-corrected chi connectivity index (χ3v) is 3.84. The van der Waals surface area contributed by atoms with Gasteiger partial charge in [-0.3, -0.25) is 4.79 Å². The summed E-state index contributed by atoms with van der Waals surface area (Å²) < 4.78 is 5.15. The van der Waals surface area contributed by atoms with E-state index in [2.05, 4.69) is 24.1 Å². The van der Waals surface area contributed by atoms with Crippen LogP contribution in [0.2, 0.25) is 0 Å². The average Bonchev–Trinajstić information content (AvgIpc) is 2.42. The maximum absolute atomic E-state index is 11.6. The zero-order valence-electron chi connectivity index (χ0n) is 14.4. The van der Waals surface area contributed by atoms with Crippen molar-refractivity contribution in [1.29, 1.82) is 0 Å². The van der Waals surface area contributed by atoms with E-state index in [1.54, 1.807) is 7.11 Å². The summed E-state index contributed by atoms with van der Waals surface area (Å²) in [6.07, 6.45) is 2.15. The summed E-state index contributed by atoms with van der Waals surface area (Å²) in [7, 11) is 1.71. The largest absolute Gasteiger partial charge is 0.480 e. The van der Waals surface area contributed by atoms with Gasteiger partial charge in [0.1, 0.15) is 5.54 Å².